The van der Waals surface area contributed by atoms with Gasteiger partial charge in [-0.25, -0.2) is 14.3 Å². The second kappa shape index (κ2) is 9.31. The van der Waals surface area contributed by atoms with Gasteiger partial charge in [0.1, 0.15) is 6.54 Å². The summed E-state index contributed by atoms with van der Waals surface area (Å²) in [5.74, 6) is -0.621. The molecule has 0 bridgehead atoms. The Labute approximate surface area is 218 Å². The highest BCUT2D eigenvalue weighted by Gasteiger charge is 2.25. The third-order valence-electron chi connectivity index (χ3n) is 5.53. The molecule has 5 aromatic rings. The van der Waals surface area contributed by atoms with Crippen molar-refractivity contribution >= 4 is 51.9 Å². The van der Waals surface area contributed by atoms with Crippen LogP contribution in [0.3, 0.4) is 0 Å². The van der Waals surface area contributed by atoms with Crippen molar-refractivity contribution in [2.75, 3.05) is 0 Å². The number of primary amides is 1. The molecule has 1 amide bonds. The van der Waals surface area contributed by atoms with Crippen LogP contribution in [0, 0.1) is 0 Å². The lowest BCUT2D eigenvalue weighted by molar-refractivity contribution is -0.118. The smallest absolute Gasteiger partial charge is 0.335 e. The summed E-state index contributed by atoms with van der Waals surface area (Å²) in [6.07, 6.45) is 0. The minimum absolute atomic E-state index is 0.0451. The van der Waals surface area contributed by atoms with Crippen molar-refractivity contribution in [3.05, 3.63) is 109 Å². The van der Waals surface area contributed by atoms with Gasteiger partial charge >= 0.3 is 5.69 Å². The largest absolute Gasteiger partial charge is 0.368 e. The first-order valence-electron chi connectivity index (χ1n) is 10.6. The zero-order valence-corrected chi connectivity index (χ0v) is 20.6. The van der Waals surface area contributed by atoms with Gasteiger partial charge < -0.3 is 5.73 Å². The lowest BCUT2D eigenvalue weighted by Crippen LogP contribution is -2.31. The van der Waals surface area contributed by atoms with Crippen LogP contribution in [0.2, 0.25) is 15.1 Å². The SMILES string of the molecule is NC(=O)Cn1c(=O)n(-c2ccccc2)c2nc(-c3ccc(Cl)cc3Cl)n(-c3ccc(Cl)cc3)c(=O)c21. The molecular formula is C25H16Cl3N5O3. The van der Waals surface area contributed by atoms with E-state index in [2.05, 4.69) is 0 Å². The minimum Gasteiger partial charge on any atom is -0.368 e. The topological polar surface area (TPSA) is 105 Å². The first-order valence-corrected chi connectivity index (χ1v) is 11.7. The number of amides is 1. The van der Waals surface area contributed by atoms with Crippen molar-refractivity contribution < 1.29 is 4.79 Å². The van der Waals surface area contributed by atoms with Crippen LogP contribution in [-0.4, -0.2) is 24.6 Å². The van der Waals surface area contributed by atoms with E-state index in [4.69, 9.17) is 45.5 Å². The van der Waals surface area contributed by atoms with Crippen molar-refractivity contribution in [1.82, 2.24) is 18.7 Å². The number of imidazole rings is 1. The van der Waals surface area contributed by atoms with Gasteiger partial charge in [0.15, 0.2) is 17.0 Å². The van der Waals surface area contributed by atoms with Gasteiger partial charge in [-0.3, -0.25) is 18.7 Å². The van der Waals surface area contributed by atoms with E-state index in [1.165, 1.54) is 15.2 Å². The van der Waals surface area contributed by atoms with E-state index in [-0.39, 0.29) is 22.0 Å². The molecule has 36 heavy (non-hydrogen) atoms. The molecule has 0 aliphatic heterocycles. The highest BCUT2D eigenvalue weighted by molar-refractivity contribution is 6.36. The molecule has 3 aromatic carbocycles. The number of nitrogens with zero attached hydrogens (tertiary/aromatic N) is 4. The summed E-state index contributed by atoms with van der Waals surface area (Å²) in [6, 6.07) is 19.9. The molecular weight excluding hydrogens is 525 g/mol. The predicted octanol–water partition coefficient (Wildman–Crippen LogP) is 4.45. The molecule has 0 radical (unpaired) electrons. The number of aromatic nitrogens is 4. The Morgan fingerprint density at radius 3 is 2.11 bits per heavy atom. The van der Waals surface area contributed by atoms with Gasteiger partial charge in [0.2, 0.25) is 5.91 Å². The third-order valence-corrected chi connectivity index (χ3v) is 6.33. The number of rotatable bonds is 5. The average Bonchev–Trinajstić information content (AvgIpc) is 3.11. The first kappa shape index (κ1) is 23.9. The van der Waals surface area contributed by atoms with E-state index in [0.717, 1.165) is 4.57 Å². The van der Waals surface area contributed by atoms with E-state index in [1.54, 1.807) is 66.7 Å². The zero-order valence-electron chi connectivity index (χ0n) is 18.4. The predicted molar refractivity (Wildman–Crippen MR) is 141 cm³/mol. The molecule has 2 heterocycles. The second-order valence-corrected chi connectivity index (χ2v) is 9.13. The summed E-state index contributed by atoms with van der Waals surface area (Å²) in [5, 5.41) is 1.12. The molecule has 0 unspecified atom stereocenters. The Bertz CT molecular complexity index is 1760. The Kier molecular flexibility index (Phi) is 6.17. The average molecular weight is 541 g/mol. The molecule has 180 valence electrons. The van der Waals surface area contributed by atoms with E-state index >= 15 is 0 Å². The van der Waals surface area contributed by atoms with Crippen LogP contribution in [0.5, 0.6) is 0 Å². The van der Waals surface area contributed by atoms with Crippen LogP contribution in [0.25, 0.3) is 33.9 Å². The van der Waals surface area contributed by atoms with Crippen molar-refractivity contribution in [1.29, 1.82) is 0 Å². The summed E-state index contributed by atoms with van der Waals surface area (Å²) in [4.78, 5) is 44.2. The molecule has 0 aliphatic rings. The molecule has 2 N–H and O–H groups in total. The number of halogens is 3. The maximum atomic E-state index is 14.1. The number of para-hydroxylation sites is 1. The Hall–Kier alpha value is -3.85. The molecule has 0 saturated heterocycles. The monoisotopic (exact) mass is 539 g/mol. The van der Waals surface area contributed by atoms with Crippen LogP contribution in [-0.2, 0) is 11.3 Å². The summed E-state index contributed by atoms with van der Waals surface area (Å²) in [5.41, 5.74) is 5.42. The van der Waals surface area contributed by atoms with Gasteiger partial charge in [0.05, 0.1) is 16.4 Å². The highest BCUT2D eigenvalue weighted by Crippen LogP contribution is 2.31. The first-order chi connectivity index (χ1) is 17.3. The number of benzene rings is 3. The molecule has 5 rings (SSSR count). The van der Waals surface area contributed by atoms with Crippen LogP contribution in [0.1, 0.15) is 0 Å². The maximum Gasteiger partial charge on any atom is 0.335 e. The zero-order chi connectivity index (χ0) is 25.6. The number of carbonyl (C=O) groups is 1. The standard InChI is InChI=1S/C25H16Cl3N5O3/c26-14-6-9-17(10-7-14)32-22(18-11-8-15(27)12-19(18)28)30-23-21(24(32)35)31(13-20(29)34)25(36)33(23)16-4-2-1-3-5-16/h1-12H,13H2,(H2,29,34). The maximum absolute atomic E-state index is 14.1. The number of carbonyl (C=O) groups excluding carboxylic acids is 1. The van der Waals surface area contributed by atoms with E-state index in [0.29, 0.717) is 27.0 Å². The van der Waals surface area contributed by atoms with Crippen LogP contribution < -0.4 is 17.0 Å². The molecule has 8 nitrogen and oxygen atoms in total. The van der Waals surface area contributed by atoms with Crippen molar-refractivity contribution in [3.63, 3.8) is 0 Å². The van der Waals surface area contributed by atoms with Crippen LogP contribution in [0.15, 0.2) is 82.4 Å². The van der Waals surface area contributed by atoms with Gasteiger partial charge in [0, 0.05) is 15.6 Å². The minimum atomic E-state index is -0.786. The Morgan fingerprint density at radius 1 is 0.833 bits per heavy atom. The van der Waals surface area contributed by atoms with Gasteiger partial charge in [-0.2, -0.15) is 0 Å². The number of nitrogens with two attached hydrogens (primary N) is 1. The highest BCUT2D eigenvalue weighted by atomic mass is 35.5. The molecule has 0 fully saturated rings. The van der Waals surface area contributed by atoms with Gasteiger partial charge in [0.25, 0.3) is 5.56 Å². The molecule has 0 aliphatic carbocycles. The fraction of sp³-hybridized carbons (Fsp3) is 0.0400. The lowest BCUT2D eigenvalue weighted by atomic mass is 10.2. The molecule has 0 spiro atoms. The summed E-state index contributed by atoms with van der Waals surface area (Å²) in [7, 11) is 0. The van der Waals surface area contributed by atoms with Crippen LogP contribution in [0.4, 0.5) is 0 Å². The quantitative estimate of drug-likeness (QED) is 0.355. The third kappa shape index (κ3) is 4.09. The lowest BCUT2D eigenvalue weighted by Gasteiger charge is -2.15. The summed E-state index contributed by atoms with van der Waals surface area (Å²) < 4.78 is 3.60. The number of hydrogen-bond donors (Lipinski definition) is 1. The molecule has 11 heteroatoms. The second-order valence-electron chi connectivity index (χ2n) is 7.85. The van der Waals surface area contributed by atoms with E-state index < -0.39 is 23.7 Å². The normalized spacial score (nSPS) is 11.2. The van der Waals surface area contributed by atoms with Gasteiger partial charge in [-0.1, -0.05) is 53.0 Å². The van der Waals surface area contributed by atoms with E-state index in [1.807, 2.05) is 0 Å². The van der Waals surface area contributed by atoms with Crippen molar-refractivity contribution in [3.8, 4) is 22.8 Å². The van der Waals surface area contributed by atoms with Crippen LogP contribution >= 0.6 is 34.8 Å². The molecule has 2 aromatic heterocycles. The van der Waals surface area contributed by atoms with Crippen molar-refractivity contribution in [2.24, 2.45) is 5.73 Å². The number of hydrogen-bond acceptors (Lipinski definition) is 4. The fourth-order valence-electron chi connectivity index (χ4n) is 3.99. The fourth-order valence-corrected chi connectivity index (χ4v) is 4.61. The van der Waals surface area contributed by atoms with E-state index in [9.17, 15) is 14.4 Å². The Morgan fingerprint density at radius 2 is 1.47 bits per heavy atom. The summed E-state index contributed by atoms with van der Waals surface area (Å²) >= 11 is 18.7. The van der Waals surface area contributed by atoms with Gasteiger partial charge in [-0.15, -0.1) is 0 Å². The summed E-state index contributed by atoms with van der Waals surface area (Å²) in [6.45, 7) is -0.506. The molecule has 0 saturated carbocycles. The van der Waals surface area contributed by atoms with Gasteiger partial charge in [-0.05, 0) is 54.6 Å². The Balaban J connectivity index is 1.98. The van der Waals surface area contributed by atoms with Crippen molar-refractivity contribution in [2.45, 2.75) is 6.54 Å². The number of fused-ring (bicyclic) bond motifs is 1. The molecule has 0 atom stereocenters.